The van der Waals surface area contributed by atoms with E-state index in [-0.39, 0.29) is 0 Å². The monoisotopic (exact) mass is 300 g/mol. The van der Waals surface area contributed by atoms with Gasteiger partial charge in [0.05, 0.1) is 0 Å². The zero-order valence-corrected chi connectivity index (χ0v) is 13.6. The molecule has 0 saturated carbocycles. The second kappa shape index (κ2) is 16.1. The maximum Gasteiger partial charge on any atom is 0.00772 e. The summed E-state index contributed by atoms with van der Waals surface area (Å²) in [5, 5.41) is 20.2. The van der Waals surface area contributed by atoms with Crippen molar-refractivity contribution in [2.75, 3.05) is 78.5 Å². The van der Waals surface area contributed by atoms with Crippen LogP contribution in [-0.2, 0) is 0 Å². The predicted octanol–water partition coefficient (Wildman–Crippen LogP) is -1.29. The Kier molecular flexibility index (Phi) is 14.5. The highest BCUT2D eigenvalue weighted by molar-refractivity contribution is 4.59. The molecule has 2 heterocycles. The fourth-order valence-corrected chi connectivity index (χ4v) is 2.30. The number of rotatable bonds is 0. The Morgan fingerprint density at radius 1 is 0.238 bits per heavy atom. The van der Waals surface area contributed by atoms with E-state index in [2.05, 4.69) is 31.9 Å². The van der Waals surface area contributed by atoms with Crippen LogP contribution in [0.1, 0.15) is 19.3 Å². The van der Waals surface area contributed by atoms with Crippen molar-refractivity contribution < 1.29 is 0 Å². The molecule has 6 N–H and O–H groups in total. The van der Waals surface area contributed by atoms with Crippen molar-refractivity contribution in [3.8, 4) is 0 Å². The highest BCUT2D eigenvalue weighted by Crippen LogP contribution is 1.81. The summed E-state index contributed by atoms with van der Waals surface area (Å²) in [6, 6.07) is 0. The van der Waals surface area contributed by atoms with Crippen molar-refractivity contribution in [2.24, 2.45) is 0 Å². The number of nitrogens with one attached hydrogen (secondary N) is 6. The Morgan fingerprint density at radius 3 is 0.667 bits per heavy atom. The van der Waals surface area contributed by atoms with Gasteiger partial charge < -0.3 is 31.9 Å². The molecule has 0 spiro atoms. The van der Waals surface area contributed by atoms with Crippen molar-refractivity contribution in [3.63, 3.8) is 0 Å². The molecule has 2 rings (SSSR count). The lowest BCUT2D eigenvalue weighted by atomic mass is 10.3. The van der Waals surface area contributed by atoms with E-state index in [1.54, 1.807) is 0 Å². The SMILES string of the molecule is C1CNCCCNCCCNC1.C1CNCCNCCN1. The van der Waals surface area contributed by atoms with Gasteiger partial charge in [0.2, 0.25) is 0 Å². The van der Waals surface area contributed by atoms with Gasteiger partial charge in [-0.1, -0.05) is 0 Å². The average Bonchev–Trinajstić information content (AvgIpc) is 2.64. The summed E-state index contributed by atoms with van der Waals surface area (Å²) in [7, 11) is 0. The Hall–Kier alpha value is -0.240. The summed E-state index contributed by atoms with van der Waals surface area (Å²) in [6.07, 6.45) is 3.77. The van der Waals surface area contributed by atoms with Gasteiger partial charge in [0.25, 0.3) is 0 Å². The molecule has 2 saturated heterocycles. The highest BCUT2D eigenvalue weighted by Gasteiger charge is 1.93. The summed E-state index contributed by atoms with van der Waals surface area (Å²) in [5.74, 6) is 0. The van der Waals surface area contributed by atoms with Crippen LogP contribution in [0.15, 0.2) is 0 Å². The predicted molar refractivity (Wildman–Crippen MR) is 91.1 cm³/mol. The Labute approximate surface area is 130 Å². The molecule has 21 heavy (non-hydrogen) atoms. The van der Waals surface area contributed by atoms with Crippen molar-refractivity contribution in [3.05, 3.63) is 0 Å². The largest absolute Gasteiger partial charge is 0.317 e. The van der Waals surface area contributed by atoms with E-state index in [0.717, 1.165) is 78.5 Å². The van der Waals surface area contributed by atoms with Gasteiger partial charge in [0.1, 0.15) is 0 Å². The van der Waals surface area contributed by atoms with E-state index >= 15 is 0 Å². The molecular formula is C15H36N6. The topological polar surface area (TPSA) is 72.2 Å². The molecule has 0 aromatic rings. The van der Waals surface area contributed by atoms with Crippen LogP contribution in [0.5, 0.6) is 0 Å². The van der Waals surface area contributed by atoms with E-state index < -0.39 is 0 Å². The normalized spacial score (nSPS) is 24.0. The first-order chi connectivity index (χ1) is 10.5. The van der Waals surface area contributed by atoms with Gasteiger partial charge in [-0.3, -0.25) is 0 Å². The molecule has 6 nitrogen and oxygen atoms in total. The van der Waals surface area contributed by atoms with Crippen LogP contribution in [0, 0.1) is 0 Å². The lowest BCUT2D eigenvalue weighted by Gasteiger charge is -2.09. The third-order valence-corrected chi connectivity index (χ3v) is 3.56. The van der Waals surface area contributed by atoms with Crippen LogP contribution < -0.4 is 31.9 Å². The van der Waals surface area contributed by atoms with Gasteiger partial charge in [0.15, 0.2) is 0 Å². The summed E-state index contributed by atoms with van der Waals surface area (Å²) in [6.45, 7) is 13.6. The van der Waals surface area contributed by atoms with E-state index in [4.69, 9.17) is 0 Å². The van der Waals surface area contributed by atoms with Crippen LogP contribution in [0.3, 0.4) is 0 Å². The van der Waals surface area contributed by atoms with E-state index in [1.807, 2.05) is 0 Å². The van der Waals surface area contributed by atoms with Gasteiger partial charge >= 0.3 is 0 Å². The minimum absolute atomic E-state index is 1.10. The Bertz CT molecular complexity index is 131. The first-order valence-corrected chi connectivity index (χ1v) is 8.74. The summed E-state index contributed by atoms with van der Waals surface area (Å²) < 4.78 is 0. The zero-order valence-electron chi connectivity index (χ0n) is 13.6. The molecule has 2 aliphatic rings. The Morgan fingerprint density at radius 2 is 0.429 bits per heavy atom. The van der Waals surface area contributed by atoms with Crippen LogP contribution in [0.4, 0.5) is 0 Å². The lowest BCUT2D eigenvalue weighted by molar-refractivity contribution is 0.527. The van der Waals surface area contributed by atoms with E-state index in [0.29, 0.717) is 0 Å². The third kappa shape index (κ3) is 14.5. The van der Waals surface area contributed by atoms with E-state index in [1.165, 1.54) is 19.3 Å². The summed E-state index contributed by atoms with van der Waals surface area (Å²) >= 11 is 0. The second-order valence-electron chi connectivity index (χ2n) is 5.56. The third-order valence-electron chi connectivity index (χ3n) is 3.56. The van der Waals surface area contributed by atoms with Crippen molar-refractivity contribution in [1.82, 2.24) is 31.9 Å². The first kappa shape index (κ1) is 18.8. The molecule has 0 radical (unpaired) electrons. The molecule has 0 bridgehead atoms. The van der Waals surface area contributed by atoms with Gasteiger partial charge in [-0.2, -0.15) is 0 Å². The molecule has 0 atom stereocenters. The molecule has 0 aromatic heterocycles. The molecule has 0 unspecified atom stereocenters. The van der Waals surface area contributed by atoms with Gasteiger partial charge in [-0.05, 0) is 58.5 Å². The molecule has 0 amide bonds. The molecular weight excluding hydrogens is 264 g/mol. The molecule has 2 aliphatic heterocycles. The van der Waals surface area contributed by atoms with E-state index in [9.17, 15) is 0 Å². The van der Waals surface area contributed by atoms with Gasteiger partial charge in [0, 0.05) is 39.3 Å². The van der Waals surface area contributed by atoms with Crippen LogP contribution >= 0.6 is 0 Å². The van der Waals surface area contributed by atoms with Gasteiger partial charge in [-0.15, -0.1) is 0 Å². The van der Waals surface area contributed by atoms with Crippen LogP contribution in [0.25, 0.3) is 0 Å². The quantitative estimate of drug-likeness (QED) is 0.334. The van der Waals surface area contributed by atoms with Crippen molar-refractivity contribution in [2.45, 2.75) is 19.3 Å². The maximum absolute atomic E-state index is 3.42. The van der Waals surface area contributed by atoms with Gasteiger partial charge in [-0.25, -0.2) is 0 Å². The minimum Gasteiger partial charge on any atom is -0.317 e. The van der Waals surface area contributed by atoms with Crippen molar-refractivity contribution in [1.29, 1.82) is 0 Å². The molecule has 0 aliphatic carbocycles. The highest BCUT2D eigenvalue weighted by atomic mass is 15.0. The fourth-order valence-electron chi connectivity index (χ4n) is 2.30. The molecule has 0 aromatic carbocycles. The minimum atomic E-state index is 1.10. The van der Waals surface area contributed by atoms with Crippen LogP contribution in [-0.4, -0.2) is 78.5 Å². The Balaban J connectivity index is 0.000000219. The number of hydrogen-bond donors (Lipinski definition) is 6. The first-order valence-electron chi connectivity index (χ1n) is 8.74. The van der Waals surface area contributed by atoms with Crippen LogP contribution in [0.2, 0.25) is 0 Å². The molecule has 2 fully saturated rings. The average molecular weight is 300 g/mol. The fraction of sp³-hybridized carbons (Fsp3) is 1.00. The zero-order chi connectivity index (χ0) is 14.8. The maximum atomic E-state index is 3.42. The molecule has 6 heteroatoms. The summed E-state index contributed by atoms with van der Waals surface area (Å²) in [5.41, 5.74) is 0. The lowest BCUT2D eigenvalue weighted by Crippen LogP contribution is -2.29. The second-order valence-corrected chi connectivity index (χ2v) is 5.56. The van der Waals surface area contributed by atoms with Crippen molar-refractivity contribution >= 4 is 0 Å². The molecule has 126 valence electrons. The standard InChI is InChI=1S/C9H21N3.C6H15N3/c1-4-10-6-2-8-12-9-3-7-11-5-1;1-2-8-5-6-9-4-3-7-1/h10-12H,1-9H2;7-9H,1-6H2. The number of hydrogen-bond acceptors (Lipinski definition) is 6. The summed E-state index contributed by atoms with van der Waals surface area (Å²) in [4.78, 5) is 0. The smallest absolute Gasteiger partial charge is 0.00772 e.